The van der Waals surface area contributed by atoms with Gasteiger partial charge < -0.3 is 10.2 Å². The summed E-state index contributed by atoms with van der Waals surface area (Å²) in [6.07, 6.45) is 0. The average Bonchev–Trinajstić information content (AvgIpc) is 2.49. The van der Waals surface area contributed by atoms with E-state index in [4.69, 9.17) is 0 Å². The largest absolute Gasteiger partial charge is 0.352 e. The van der Waals surface area contributed by atoms with E-state index < -0.39 is 0 Å². The Labute approximate surface area is 125 Å². The number of benzene rings is 2. The molecule has 0 unspecified atom stereocenters. The van der Waals surface area contributed by atoms with Gasteiger partial charge in [0.1, 0.15) is 5.82 Å². The second kappa shape index (κ2) is 7.43. The van der Waals surface area contributed by atoms with Crippen molar-refractivity contribution < 1.29 is 4.39 Å². The number of nitrogens with one attached hydrogen (secondary N) is 1. The third-order valence-electron chi connectivity index (χ3n) is 3.07. The van der Waals surface area contributed by atoms with Gasteiger partial charge in [-0.05, 0) is 11.6 Å². The molecule has 0 saturated heterocycles. The molecule has 0 aliphatic heterocycles. The van der Waals surface area contributed by atoms with Crippen molar-refractivity contribution in [1.82, 2.24) is 10.2 Å². The lowest BCUT2D eigenvalue weighted by molar-refractivity contribution is 0.567. The van der Waals surface area contributed by atoms with Gasteiger partial charge >= 0.3 is 0 Å². The predicted molar refractivity (Wildman–Crippen MR) is 84.5 cm³/mol. The molecule has 0 fully saturated rings. The number of hydrogen-bond acceptors (Lipinski definition) is 1. The van der Waals surface area contributed by atoms with Crippen LogP contribution in [0.2, 0.25) is 0 Å². The highest BCUT2D eigenvalue weighted by Crippen LogP contribution is 2.06. The molecular weight excluding hydrogens is 265 g/mol. The van der Waals surface area contributed by atoms with Crippen LogP contribution in [0.25, 0.3) is 0 Å². The molecule has 4 heteroatoms. The lowest BCUT2D eigenvalue weighted by Gasteiger charge is -2.18. The molecule has 0 amide bonds. The average molecular weight is 285 g/mol. The lowest BCUT2D eigenvalue weighted by Crippen LogP contribution is -2.36. The first-order chi connectivity index (χ1) is 10.2. The van der Waals surface area contributed by atoms with E-state index in [-0.39, 0.29) is 5.82 Å². The van der Waals surface area contributed by atoms with Crippen molar-refractivity contribution in [3.05, 3.63) is 71.5 Å². The standard InChI is InChI=1S/C17H20FN3/c1-21(2)17(19-12-14-8-4-3-5-9-14)20-13-15-10-6-7-11-16(15)18/h3-11H,12-13H2,1-2H3,(H,19,20). The summed E-state index contributed by atoms with van der Waals surface area (Å²) >= 11 is 0. The van der Waals surface area contributed by atoms with Gasteiger partial charge in [-0.15, -0.1) is 0 Å². The highest BCUT2D eigenvalue weighted by Gasteiger charge is 2.04. The second-order valence-electron chi connectivity index (χ2n) is 4.96. The molecule has 0 aliphatic rings. The molecule has 0 bridgehead atoms. The third-order valence-corrected chi connectivity index (χ3v) is 3.07. The van der Waals surface area contributed by atoms with Crippen LogP contribution in [0.15, 0.2) is 59.6 Å². The molecule has 1 N–H and O–H groups in total. The summed E-state index contributed by atoms with van der Waals surface area (Å²) in [6.45, 7) is 1.01. The van der Waals surface area contributed by atoms with E-state index >= 15 is 0 Å². The molecule has 2 aromatic rings. The van der Waals surface area contributed by atoms with Crippen LogP contribution in [0.4, 0.5) is 4.39 Å². The maximum Gasteiger partial charge on any atom is 0.194 e. The molecule has 0 spiro atoms. The Morgan fingerprint density at radius 2 is 1.71 bits per heavy atom. The van der Waals surface area contributed by atoms with Crippen molar-refractivity contribution in [3.8, 4) is 0 Å². The molecule has 0 aromatic heterocycles. The van der Waals surface area contributed by atoms with Gasteiger partial charge in [0.15, 0.2) is 5.96 Å². The van der Waals surface area contributed by atoms with Crippen LogP contribution in [-0.4, -0.2) is 25.0 Å². The number of aliphatic imine (C=N–C) groups is 1. The minimum atomic E-state index is -0.203. The molecule has 2 rings (SSSR count). The summed E-state index contributed by atoms with van der Waals surface area (Å²) in [5.74, 6) is 0.535. The number of hydrogen-bond donors (Lipinski definition) is 1. The molecule has 0 atom stereocenters. The van der Waals surface area contributed by atoms with Crippen LogP contribution in [0, 0.1) is 5.82 Å². The van der Waals surface area contributed by atoms with Gasteiger partial charge in [-0.1, -0.05) is 48.5 Å². The van der Waals surface area contributed by atoms with Crippen LogP contribution in [0.1, 0.15) is 11.1 Å². The van der Waals surface area contributed by atoms with Gasteiger partial charge in [-0.3, -0.25) is 0 Å². The summed E-state index contributed by atoms with van der Waals surface area (Å²) in [7, 11) is 3.83. The van der Waals surface area contributed by atoms with Crippen LogP contribution in [0.5, 0.6) is 0 Å². The summed E-state index contributed by atoms with van der Waals surface area (Å²) in [5.41, 5.74) is 1.77. The van der Waals surface area contributed by atoms with Crippen LogP contribution in [-0.2, 0) is 13.1 Å². The van der Waals surface area contributed by atoms with Gasteiger partial charge in [0, 0.05) is 26.2 Å². The van der Waals surface area contributed by atoms with E-state index in [2.05, 4.69) is 10.3 Å². The van der Waals surface area contributed by atoms with E-state index in [1.54, 1.807) is 12.1 Å². The van der Waals surface area contributed by atoms with Gasteiger partial charge in [-0.25, -0.2) is 9.38 Å². The fourth-order valence-corrected chi connectivity index (χ4v) is 1.92. The first kappa shape index (κ1) is 15.0. The Balaban J connectivity index is 2.01. The number of guanidine groups is 1. The normalized spacial score (nSPS) is 11.3. The second-order valence-corrected chi connectivity index (χ2v) is 4.96. The van der Waals surface area contributed by atoms with Crippen molar-refractivity contribution in [2.24, 2.45) is 4.99 Å². The summed E-state index contributed by atoms with van der Waals surface area (Å²) < 4.78 is 13.6. The maximum absolute atomic E-state index is 13.6. The molecule has 2 aromatic carbocycles. The zero-order valence-electron chi connectivity index (χ0n) is 12.4. The topological polar surface area (TPSA) is 27.6 Å². The fraction of sp³-hybridized carbons (Fsp3) is 0.235. The number of rotatable bonds is 4. The van der Waals surface area contributed by atoms with Crippen molar-refractivity contribution in [2.75, 3.05) is 14.1 Å². The molecule has 0 saturated carbocycles. The van der Waals surface area contributed by atoms with E-state index in [9.17, 15) is 4.39 Å². The molecule has 0 radical (unpaired) electrons. The van der Waals surface area contributed by atoms with Crippen LogP contribution < -0.4 is 5.32 Å². The van der Waals surface area contributed by atoms with Crippen molar-refractivity contribution in [1.29, 1.82) is 0 Å². The van der Waals surface area contributed by atoms with Crippen molar-refractivity contribution in [3.63, 3.8) is 0 Å². The Hall–Kier alpha value is -2.36. The molecule has 21 heavy (non-hydrogen) atoms. The van der Waals surface area contributed by atoms with Crippen LogP contribution in [0.3, 0.4) is 0 Å². The van der Waals surface area contributed by atoms with E-state index in [1.807, 2.05) is 55.4 Å². The number of halogens is 1. The highest BCUT2D eigenvalue weighted by molar-refractivity contribution is 5.79. The maximum atomic E-state index is 13.6. The Bertz CT molecular complexity index is 594. The molecule has 0 aliphatic carbocycles. The van der Waals surface area contributed by atoms with E-state index in [0.717, 1.165) is 11.5 Å². The molecule has 3 nitrogen and oxygen atoms in total. The Kier molecular flexibility index (Phi) is 5.32. The third kappa shape index (κ3) is 4.60. The van der Waals surface area contributed by atoms with Crippen molar-refractivity contribution in [2.45, 2.75) is 13.1 Å². The fourth-order valence-electron chi connectivity index (χ4n) is 1.92. The van der Waals surface area contributed by atoms with E-state index in [0.29, 0.717) is 18.7 Å². The number of nitrogens with zero attached hydrogens (tertiary/aromatic N) is 2. The summed E-state index contributed by atoms with van der Waals surface area (Å²) in [6, 6.07) is 16.8. The van der Waals surface area contributed by atoms with Crippen molar-refractivity contribution >= 4 is 5.96 Å². The first-order valence-corrected chi connectivity index (χ1v) is 6.90. The highest BCUT2D eigenvalue weighted by atomic mass is 19.1. The van der Waals surface area contributed by atoms with E-state index in [1.165, 1.54) is 6.07 Å². The molecular formula is C17H20FN3. The smallest absolute Gasteiger partial charge is 0.194 e. The van der Waals surface area contributed by atoms with Crippen LogP contribution >= 0.6 is 0 Å². The molecule has 110 valence electrons. The monoisotopic (exact) mass is 285 g/mol. The molecule has 0 heterocycles. The minimum Gasteiger partial charge on any atom is -0.352 e. The zero-order valence-corrected chi connectivity index (χ0v) is 12.4. The Morgan fingerprint density at radius 3 is 2.38 bits per heavy atom. The van der Waals surface area contributed by atoms with Gasteiger partial charge in [0.05, 0.1) is 6.54 Å². The first-order valence-electron chi connectivity index (χ1n) is 6.90. The lowest BCUT2D eigenvalue weighted by atomic mass is 10.2. The Morgan fingerprint density at radius 1 is 1.05 bits per heavy atom. The zero-order chi connectivity index (χ0) is 15.1. The minimum absolute atomic E-state index is 0.203. The van der Waals surface area contributed by atoms with Gasteiger partial charge in [0.25, 0.3) is 0 Å². The quantitative estimate of drug-likeness (QED) is 0.690. The predicted octanol–water partition coefficient (Wildman–Crippen LogP) is 3.03. The van der Waals surface area contributed by atoms with Gasteiger partial charge in [0.2, 0.25) is 0 Å². The summed E-state index contributed by atoms with van der Waals surface area (Å²) in [5, 5.41) is 3.18. The summed E-state index contributed by atoms with van der Waals surface area (Å²) in [4.78, 5) is 6.44. The van der Waals surface area contributed by atoms with Gasteiger partial charge in [-0.2, -0.15) is 0 Å². The SMILES string of the molecule is CN(C)C(=NCc1ccccc1)NCc1ccccc1F.